The molecule has 4 aromatic rings. The molecule has 8 heteroatoms. The first kappa shape index (κ1) is 26.6. The van der Waals surface area contributed by atoms with Gasteiger partial charge in [0, 0.05) is 17.1 Å². The Bertz CT molecular complexity index is 1510. The summed E-state index contributed by atoms with van der Waals surface area (Å²) < 4.78 is 7.90. The summed E-state index contributed by atoms with van der Waals surface area (Å²) in [4.78, 5) is 18.4. The minimum absolute atomic E-state index is 0.181. The molecule has 0 saturated heterocycles. The van der Waals surface area contributed by atoms with Crippen LogP contribution in [0.4, 0.5) is 11.6 Å². The highest BCUT2D eigenvalue weighted by atomic mass is 32.2. The van der Waals surface area contributed by atoms with Gasteiger partial charge in [-0.3, -0.25) is 4.79 Å². The van der Waals surface area contributed by atoms with E-state index in [1.807, 2.05) is 79.2 Å². The number of amides is 1. The zero-order valence-corrected chi connectivity index (χ0v) is 23.5. The van der Waals surface area contributed by atoms with Crippen molar-refractivity contribution in [2.24, 2.45) is 0 Å². The Labute approximate surface area is 233 Å². The Morgan fingerprint density at radius 1 is 1.05 bits per heavy atom. The zero-order valence-electron chi connectivity index (χ0n) is 22.7. The molecule has 1 aliphatic rings. The molecule has 5 rings (SSSR count). The van der Waals surface area contributed by atoms with Gasteiger partial charge in [0.2, 0.25) is 11.1 Å². The number of anilines is 2. The first-order valence-electron chi connectivity index (χ1n) is 13.2. The average Bonchev–Trinajstić information content (AvgIpc) is 3.33. The molecule has 39 heavy (non-hydrogen) atoms. The maximum Gasteiger partial charge on any atom is 0.255 e. The number of hydrogen-bond donors (Lipinski definition) is 2. The fourth-order valence-electron chi connectivity index (χ4n) is 4.59. The van der Waals surface area contributed by atoms with E-state index in [-0.39, 0.29) is 5.91 Å². The molecule has 1 unspecified atom stereocenters. The molecule has 0 bridgehead atoms. The Morgan fingerprint density at radius 3 is 2.59 bits per heavy atom. The van der Waals surface area contributed by atoms with Crippen molar-refractivity contribution in [1.29, 1.82) is 0 Å². The number of allylic oxidation sites excluding steroid dienone is 1. The largest absolute Gasteiger partial charge is 0.489 e. The summed E-state index contributed by atoms with van der Waals surface area (Å²) in [6.45, 7) is 8.62. The third kappa shape index (κ3) is 6.01. The monoisotopic (exact) mass is 539 g/mol. The van der Waals surface area contributed by atoms with Crippen molar-refractivity contribution in [2.45, 2.75) is 51.9 Å². The minimum Gasteiger partial charge on any atom is -0.489 e. The first-order valence-corrected chi connectivity index (χ1v) is 14.1. The molecular formula is C31H33N5O2S. The van der Waals surface area contributed by atoms with Gasteiger partial charge < -0.3 is 15.4 Å². The van der Waals surface area contributed by atoms with E-state index in [0.717, 1.165) is 46.0 Å². The number of ether oxygens (including phenoxy) is 1. The van der Waals surface area contributed by atoms with Gasteiger partial charge in [-0.25, -0.2) is 4.68 Å². The van der Waals surface area contributed by atoms with Crippen molar-refractivity contribution >= 4 is 29.3 Å². The van der Waals surface area contributed by atoms with Crippen LogP contribution in [0.25, 0.3) is 0 Å². The lowest BCUT2D eigenvalue weighted by atomic mass is 9.95. The van der Waals surface area contributed by atoms with Crippen molar-refractivity contribution in [2.75, 3.05) is 16.4 Å². The van der Waals surface area contributed by atoms with E-state index in [1.54, 1.807) is 11.8 Å². The maximum absolute atomic E-state index is 13.7. The highest BCUT2D eigenvalue weighted by Crippen LogP contribution is 2.37. The van der Waals surface area contributed by atoms with Crippen molar-refractivity contribution < 1.29 is 9.53 Å². The number of nitrogens with one attached hydrogen (secondary N) is 2. The van der Waals surface area contributed by atoms with Gasteiger partial charge in [-0.2, -0.15) is 4.98 Å². The van der Waals surface area contributed by atoms with E-state index in [1.165, 1.54) is 5.56 Å². The Morgan fingerprint density at radius 2 is 1.85 bits per heavy atom. The van der Waals surface area contributed by atoms with Gasteiger partial charge in [0.1, 0.15) is 18.4 Å². The topological polar surface area (TPSA) is 81.1 Å². The molecule has 1 aromatic heterocycles. The molecule has 2 N–H and O–H groups in total. The molecule has 0 aliphatic carbocycles. The van der Waals surface area contributed by atoms with Crippen molar-refractivity contribution in [3.05, 3.63) is 106 Å². The summed E-state index contributed by atoms with van der Waals surface area (Å²) >= 11 is 1.61. The van der Waals surface area contributed by atoms with Crippen LogP contribution in [-0.2, 0) is 11.4 Å². The summed E-state index contributed by atoms with van der Waals surface area (Å²) in [6, 6.07) is 23.5. The number of aryl methyl sites for hydroxylation is 2. The van der Waals surface area contributed by atoms with Gasteiger partial charge >= 0.3 is 0 Å². The Balaban J connectivity index is 1.45. The molecule has 200 valence electrons. The second-order valence-corrected chi connectivity index (χ2v) is 10.7. The second-order valence-electron chi connectivity index (χ2n) is 9.69. The highest BCUT2D eigenvalue weighted by Gasteiger charge is 2.34. The van der Waals surface area contributed by atoms with Crippen LogP contribution < -0.4 is 15.4 Å². The van der Waals surface area contributed by atoms with E-state index in [4.69, 9.17) is 14.8 Å². The van der Waals surface area contributed by atoms with E-state index < -0.39 is 6.04 Å². The van der Waals surface area contributed by atoms with Crippen molar-refractivity contribution in [3.63, 3.8) is 0 Å². The van der Waals surface area contributed by atoms with Gasteiger partial charge in [-0.1, -0.05) is 67.2 Å². The smallest absolute Gasteiger partial charge is 0.255 e. The van der Waals surface area contributed by atoms with E-state index in [0.29, 0.717) is 23.3 Å². The van der Waals surface area contributed by atoms with Crippen LogP contribution in [0.2, 0.25) is 0 Å². The molecule has 2 heterocycles. The predicted molar refractivity (Wildman–Crippen MR) is 157 cm³/mol. The normalized spacial score (nSPS) is 14.5. The summed E-state index contributed by atoms with van der Waals surface area (Å²) in [5.74, 6) is 2.14. The number of hydrogen-bond acceptors (Lipinski definition) is 6. The molecule has 0 fully saturated rings. The van der Waals surface area contributed by atoms with Crippen LogP contribution in [0.1, 0.15) is 48.6 Å². The summed E-state index contributed by atoms with van der Waals surface area (Å²) in [5.41, 5.74) is 6.44. The van der Waals surface area contributed by atoms with Gasteiger partial charge in [0.25, 0.3) is 5.91 Å². The molecule has 3 aromatic carbocycles. The lowest BCUT2D eigenvalue weighted by molar-refractivity contribution is -0.113. The van der Waals surface area contributed by atoms with E-state index in [9.17, 15) is 4.79 Å². The Kier molecular flexibility index (Phi) is 8.02. The third-order valence-corrected chi connectivity index (χ3v) is 7.68. The number of thioether (sulfide) groups is 1. The molecule has 1 atom stereocenters. The van der Waals surface area contributed by atoms with E-state index in [2.05, 4.69) is 36.6 Å². The minimum atomic E-state index is -0.444. The number of carbonyl (C=O) groups excluding carboxylic acids is 1. The number of nitrogens with zero attached hydrogens (tertiary/aromatic N) is 3. The zero-order chi connectivity index (χ0) is 27.4. The molecule has 1 aliphatic heterocycles. The lowest BCUT2D eigenvalue weighted by Gasteiger charge is -2.28. The Hall–Kier alpha value is -4.04. The van der Waals surface area contributed by atoms with Gasteiger partial charge in [-0.05, 0) is 73.7 Å². The highest BCUT2D eigenvalue weighted by molar-refractivity contribution is 7.99. The van der Waals surface area contributed by atoms with Crippen LogP contribution in [0.5, 0.6) is 5.75 Å². The van der Waals surface area contributed by atoms with E-state index >= 15 is 0 Å². The first-order chi connectivity index (χ1) is 18.9. The number of aromatic nitrogens is 3. The fourth-order valence-corrected chi connectivity index (χ4v) is 5.27. The number of carbonyl (C=O) groups is 1. The number of benzene rings is 3. The van der Waals surface area contributed by atoms with Crippen molar-refractivity contribution in [3.8, 4) is 5.75 Å². The van der Waals surface area contributed by atoms with Crippen LogP contribution in [0, 0.1) is 13.8 Å². The van der Waals surface area contributed by atoms with Crippen LogP contribution in [0.3, 0.4) is 0 Å². The molecule has 0 saturated carbocycles. The number of rotatable bonds is 9. The standard InChI is InChI=1S/C31H33N5O2S/c1-5-17-39-31-34-30-32-22(4)27(29(37)33-25-12-8-9-20(2)18-25)28(36(30)35-31)23-13-15-26(16-14-23)38-19-24-11-7-6-10-21(24)3/h6-16,18,28H,5,17,19H2,1-4H3,(H,33,37)(H,32,34,35). The molecule has 0 radical (unpaired) electrons. The summed E-state index contributed by atoms with van der Waals surface area (Å²) in [6.07, 6.45) is 1.02. The molecule has 0 spiro atoms. The third-order valence-electron chi connectivity index (χ3n) is 6.64. The van der Waals surface area contributed by atoms with Crippen LogP contribution in [-0.4, -0.2) is 26.4 Å². The fraction of sp³-hybridized carbons (Fsp3) is 0.258. The summed E-state index contributed by atoms with van der Waals surface area (Å²) in [5, 5.41) is 11.9. The quantitative estimate of drug-likeness (QED) is 0.225. The van der Waals surface area contributed by atoms with Gasteiger partial charge in [0.05, 0.1) is 5.57 Å². The predicted octanol–water partition coefficient (Wildman–Crippen LogP) is 6.90. The molecule has 1 amide bonds. The lowest BCUT2D eigenvalue weighted by Crippen LogP contribution is -2.31. The molecule has 7 nitrogen and oxygen atoms in total. The summed E-state index contributed by atoms with van der Waals surface area (Å²) in [7, 11) is 0. The second kappa shape index (κ2) is 11.8. The SMILES string of the molecule is CCCSc1nc2n(n1)C(c1ccc(OCc3ccccc3C)cc1)C(C(=O)Nc1cccc(C)c1)=C(C)N2. The van der Waals surface area contributed by atoms with Gasteiger partial charge in [0.15, 0.2) is 0 Å². The average molecular weight is 540 g/mol. The van der Waals surface area contributed by atoms with Gasteiger partial charge in [-0.15, -0.1) is 5.10 Å². The van der Waals surface area contributed by atoms with Crippen molar-refractivity contribution in [1.82, 2.24) is 14.8 Å². The molecular weight excluding hydrogens is 506 g/mol. The maximum atomic E-state index is 13.7. The van der Waals surface area contributed by atoms with Crippen LogP contribution in [0.15, 0.2) is 89.2 Å². The number of fused-ring (bicyclic) bond motifs is 1. The van der Waals surface area contributed by atoms with Crippen LogP contribution >= 0.6 is 11.8 Å².